The zero-order valence-electron chi connectivity index (χ0n) is 7.02. The number of fused-ring (bicyclic) bond motifs is 1. The van der Waals surface area contributed by atoms with Gasteiger partial charge in [0, 0.05) is 5.57 Å². The van der Waals surface area contributed by atoms with E-state index >= 15 is 0 Å². The fourth-order valence-corrected chi connectivity index (χ4v) is 2.14. The third-order valence-electron chi connectivity index (χ3n) is 2.00. The fourth-order valence-electron chi connectivity index (χ4n) is 1.22. The number of hydrogen-bond acceptors (Lipinski definition) is 4. The van der Waals surface area contributed by atoms with Crippen LogP contribution in [0.5, 0.6) is 0 Å². The van der Waals surface area contributed by atoms with Gasteiger partial charge < -0.3 is 4.98 Å². The quantitative estimate of drug-likeness (QED) is 0.760. The van der Waals surface area contributed by atoms with E-state index in [1.807, 2.05) is 18.2 Å². The van der Waals surface area contributed by atoms with E-state index in [2.05, 4.69) is 15.0 Å². The molecule has 14 heavy (non-hydrogen) atoms. The molecule has 0 saturated heterocycles. The number of nitrogens with one attached hydrogen (secondary N) is 1. The van der Waals surface area contributed by atoms with Gasteiger partial charge in [0.1, 0.15) is 5.01 Å². The first kappa shape index (κ1) is 7.64. The molecule has 0 amide bonds. The summed E-state index contributed by atoms with van der Waals surface area (Å²) in [6.45, 7) is 0. The van der Waals surface area contributed by atoms with Crippen molar-refractivity contribution < 1.29 is 0 Å². The maximum atomic E-state index is 11.3. The van der Waals surface area contributed by atoms with Gasteiger partial charge in [0.05, 0.1) is 6.33 Å². The van der Waals surface area contributed by atoms with Gasteiger partial charge in [-0.3, -0.25) is 4.79 Å². The van der Waals surface area contributed by atoms with E-state index in [4.69, 9.17) is 0 Å². The van der Waals surface area contributed by atoms with Crippen LogP contribution < -0.4 is 5.56 Å². The Morgan fingerprint density at radius 1 is 1.43 bits per heavy atom. The number of aromatic amines is 1. The van der Waals surface area contributed by atoms with Crippen molar-refractivity contribution in [3.8, 4) is 0 Å². The summed E-state index contributed by atoms with van der Waals surface area (Å²) in [7, 11) is 0. The maximum Gasteiger partial charge on any atom is 0.278 e. The summed E-state index contributed by atoms with van der Waals surface area (Å²) in [5.74, 6) is 0. The highest BCUT2D eigenvalue weighted by atomic mass is 32.1. The lowest BCUT2D eigenvalue weighted by Crippen LogP contribution is -2.05. The molecule has 0 unspecified atom stereocenters. The molecular weight excluding hydrogens is 198 g/mol. The van der Waals surface area contributed by atoms with Gasteiger partial charge in [-0.15, -0.1) is 0 Å². The second-order valence-electron chi connectivity index (χ2n) is 2.89. The Hall–Kier alpha value is -1.75. The molecule has 2 heterocycles. The van der Waals surface area contributed by atoms with Crippen molar-refractivity contribution in [1.82, 2.24) is 15.0 Å². The summed E-state index contributed by atoms with van der Waals surface area (Å²) in [6.07, 6.45) is 7.27. The van der Waals surface area contributed by atoms with Crippen LogP contribution in [0.3, 0.4) is 0 Å². The Morgan fingerprint density at radius 3 is 2.93 bits per heavy atom. The minimum atomic E-state index is -0.179. The average Bonchev–Trinajstić information content (AvgIpc) is 2.46. The molecule has 4 nitrogen and oxygen atoms in total. The van der Waals surface area contributed by atoms with E-state index in [0.717, 1.165) is 10.6 Å². The predicted octanol–water partition coefficient (Wildman–Crippen LogP) is 1.33. The zero-order chi connectivity index (χ0) is 9.54. The fraction of sp³-hybridized carbons (Fsp3) is 0. The monoisotopic (exact) mass is 203 g/mol. The van der Waals surface area contributed by atoms with Crippen LogP contribution in [0.15, 0.2) is 29.3 Å². The van der Waals surface area contributed by atoms with Crippen molar-refractivity contribution in [2.45, 2.75) is 0 Å². The van der Waals surface area contributed by atoms with Crippen LogP contribution in [0.1, 0.15) is 5.01 Å². The average molecular weight is 203 g/mol. The molecule has 0 aromatic carbocycles. The summed E-state index contributed by atoms with van der Waals surface area (Å²) in [6, 6.07) is 0. The maximum absolute atomic E-state index is 11.3. The molecule has 1 aliphatic rings. The van der Waals surface area contributed by atoms with Crippen molar-refractivity contribution >= 4 is 27.3 Å². The van der Waals surface area contributed by atoms with Crippen LogP contribution in [-0.2, 0) is 0 Å². The van der Waals surface area contributed by atoms with E-state index < -0.39 is 0 Å². The molecule has 0 spiro atoms. The van der Waals surface area contributed by atoms with E-state index in [9.17, 15) is 4.79 Å². The Balaban J connectivity index is 2.30. The lowest BCUT2D eigenvalue weighted by Gasteiger charge is -2.00. The second-order valence-corrected chi connectivity index (χ2v) is 3.86. The molecule has 0 aliphatic heterocycles. The number of thiazole rings is 1. The topological polar surface area (TPSA) is 58.6 Å². The summed E-state index contributed by atoms with van der Waals surface area (Å²) in [5.41, 5.74) is 1.31. The first-order valence-electron chi connectivity index (χ1n) is 4.07. The van der Waals surface area contributed by atoms with Gasteiger partial charge in [0.15, 0.2) is 10.3 Å². The standard InChI is InChI=1S/C9H5N3OS/c13-7-6-9(11-4-10-7)14-8(12-6)5-2-1-3-5/h1-4H,(H,10,11,13). The van der Waals surface area contributed by atoms with Gasteiger partial charge in [-0.2, -0.15) is 0 Å². The second kappa shape index (κ2) is 2.62. The summed E-state index contributed by atoms with van der Waals surface area (Å²) >= 11 is 1.43. The van der Waals surface area contributed by atoms with Crippen molar-refractivity contribution in [3.63, 3.8) is 0 Å². The van der Waals surface area contributed by atoms with Crippen LogP contribution in [0, 0.1) is 0 Å². The molecule has 0 atom stereocenters. The molecule has 0 radical (unpaired) electrons. The third-order valence-corrected chi connectivity index (χ3v) is 3.01. The highest BCUT2D eigenvalue weighted by Gasteiger charge is 2.11. The molecule has 2 aromatic heterocycles. The molecule has 68 valence electrons. The van der Waals surface area contributed by atoms with Crippen LogP contribution in [0.4, 0.5) is 0 Å². The van der Waals surface area contributed by atoms with Gasteiger partial charge in [-0.05, 0) is 0 Å². The molecule has 0 bridgehead atoms. The van der Waals surface area contributed by atoms with Crippen molar-refractivity contribution in [2.24, 2.45) is 0 Å². The Morgan fingerprint density at radius 2 is 2.29 bits per heavy atom. The molecule has 3 rings (SSSR count). The van der Waals surface area contributed by atoms with Gasteiger partial charge >= 0.3 is 0 Å². The van der Waals surface area contributed by atoms with Crippen LogP contribution in [-0.4, -0.2) is 15.0 Å². The Labute approximate surface area is 82.6 Å². The van der Waals surface area contributed by atoms with Crippen molar-refractivity contribution in [3.05, 3.63) is 39.9 Å². The molecule has 2 aromatic rings. The van der Waals surface area contributed by atoms with E-state index in [0.29, 0.717) is 10.3 Å². The molecular formula is C9H5N3OS. The van der Waals surface area contributed by atoms with E-state index in [1.54, 1.807) is 0 Å². The number of H-pyrrole nitrogens is 1. The SMILES string of the molecule is O=c1[nH]cnc2sc(C3=CC=C3)nc12. The third kappa shape index (κ3) is 0.958. The van der Waals surface area contributed by atoms with Gasteiger partial charge in [0.25, 0.3) is 5.56 Å². The highest BCUT2D eigenvalue weighted by molar-refractivity contribution is 7.19. The summed E-state index contributed by atoms with van der Waals surface area (Å²) < 4.78 is 0. The van der Waals surface area contributed by atoms with Crippen LogP contribution in [0.25, 0.3) is 15.9 Å². The smallest absolute Gasteiger partial charge is 0.278 e. The minimum absolute atomic E-state index is 0.179. The lowest BCUT2D eigenvalue weighted by molar-refractivity contribution is 1.16. The Kier molecular flexibility index (Phi) is 1.43. The van der Waals surface area contributed by atoms with E-state index in [-0.39, 0.29) is 5.56 Å². The van der Waals surface area contributed by atoms with E-state index in [1.165, 1.54) is 17.7 Å². The Bertz CT molecular complexity index is 620. The molecule has 5 heteroatoms. The van der Waals surface area contributed by atoms with Gasteiger partial charge in [-0.1, -0.05) is 29.6 Å². The summed E-state index contributed by atoms with van der Waals surface area (Å²) in [5, 5.41) is 0.853. The normalized spacial score (nSPS) is 14.1. The van der Waals surface area contributed by atoms with Crippen LogP contribution in [0.2, 0.25) is 0 Å². The first-order valence-corrected chi connectivity index (χ1v) is 4.89. The lowest BCUT2D eigenvalue weighted by atomic mass is 10.1. The predicted molar refractivity (Wildman–Crippen MR) is 55.2 cm³/mol. The first-order chi connectivity index (χ1) is 6.84. The van der Waals surface area contributed by atoms with Crippen LogP contribution >= 0.6 is 11.3 Å². The minimum Gasteiger partial charge on any atom is -0.311 e. The number of aromatic nitrogens is 3. The zero-order valence-corrected chi connectivity index (χ0v) is 7.84. The number of hydrogen-bond donors (Lipinski definition) is 1. The summed E-state index contributed by atoms with van der Waals surface area (Å²) in [4.78, 5) is 22.8. The number of allylic oxidation sites excluding steroid dienone is 4. The highest BCUT2D eigenvalue weighted by Crippen LogP contribution is 2.27. The van der Waals surface area contributed by atoms with Gasteiger partial charge in [0.2, 0.25) is 0 Å². The van der Waals surface area contributed by atoms with Crippen molar-refractivity contribution in [1.29, 1.82) is 0 Å². The largest absolute Gasteiger partial charge is 0.311 e. The number of nitrogens with zero attached hydrogens (tertiary/aromatic N) is 2. The molecule has 0 saturated carbocycles. The number of rotatable bonds is 1. The molecule has 1 aliphatic carbocycles. The molecule has 1 N–H and O–H groups in total. The van der Waals surface area contributed by atoms with Gasteiger partial charge in [-0.25, -0.2) is 9.97 Å². The molecule has 0 fully saturated rings. The van der Waals surface area contributed by atoms with Crippen molar-refractivity contribution in [2.75, 3.05) is 0 Å².